The number of rotatable bonds is 2. The number of hydrogen-bond donors (Lipinski definition) is 0. The second-order valence-corrected chi connectivity index (χ2v) is 3.62. The molecule has 14 heavy (non-hydrogen) atoms. The van der Waals surface area contributed by atoms with Gasteiger partial charge >= 0.3 is 0 Å². The molecule has 1 aliphatic heterocycles. The van der Waals surface area contributed by atoms with Crippen LogP contribution < -0.4 is 4.74 Å². The maximum absolute atomic E-state index is 5.74. The molecular weight excluding hydrogens is 200 g/mol. The molecule has 1 heterocycles. The summed E-state index contributed by atoms with van der Waals surface area (Å²) >= 11 is 5.74. The molecule has 0 unspecified atom stereocenters. The third-order valence-corrected chi connectivity index (χ3v) is 2.31. The highest BCUT2D eigenvalue weighted by Crippen LogP contribution is 2.25. The summed E-state index contributed by atoms with van der Waals surface area (Å²) < 4.78 is 10.7. The van der Waals surface area contributed by atoms with Gasteiger partial charge in [0.2, 0.25) is 5.60 Å². The van der Waals surface area contributed by atoms with E-state index in [9.17, 15) is 0 Å². The van der Waals surface area contributed by atoms with E-state index in [-0.39, 0.29) is 0 Å². The number of terminal acetylenes is 1. The van der Waals surface area contributed by atoms with E-state index in [0.29, 0.717) is 18.2 Å². The molecule has 0 radical (unpaired) electrons. The minimum absolute atomic E-state index is 0.451. The fourth-order valence-corrected chi connectivity index (χ4v) is 1.31. The van der Waals surface area contributed by atoms with E-state index in [2.05, 4.69) is 5.92 Å². The SMILES string of the molecule is C#CC1(Oc2ccc(Cl)cc2)COC1. The van der Waals surface area contributed by atoms with Crippen molar-refractivity contribution in [2.24, 2.45) is 0 Å². The van der Waals surface area contributed by atoms with Crippen molar-refractivity contribution in [1.29, 1.82) is 0 Å². The van der Waals surface area contributed by atoms with Gasteiger partial charge in [0.05, 0.1) is 0 Å². The molecule has 1 aromatic carbocycles. The van der Waals surface area contributed by atoms with Gasteiger partial charge < -0.3 is 9.47 Å². The predicted octanol–water partition coefficient (Wildman–Crippen LogP) is 2.12. The Balaban J connectivity index is 2.11. The molecule has 0 aromatic heterocycles. The normalized spacial score (nSPS) is 18.0. The van der Waals surface area contributed by atoms with Gasteiger partial charge in [-0.05, 0) is 24.3 Å². The lowest BCUT2D eigenvalue weighted by molar-refractivity contribution is -0.125. The first-order valence-corrected chi connectivity index (χ1v) is 4.62. The quantitative estimate of drug-likeness (QED) is 0.694. The molecule has 2 rings (SSSR count). The molecule has 1 fully saturated rings. The standard InChI is InChI=1S/C11H9ClO2/c1-2-11(7-13-8-11)14-10-5-3-9(12)4-6-10/h1,3-6H,7-8H2. The molecule has 0 saturated carbocycles. The van der Waals surface area contributed by atoms with Gasteiger partial charge in [-0.2, -0.15) is 0 Å². The third-order valence-electron chi connectivity index (χ3n) is 2.06. The Morgan fingerprint density at radius 3 is 2.43 bits per heavy atom. The van der Waals surface area contributed by atoms with Crippen LogP contribution in [0.5, 0.6) is 5.75 Å². The van der Waals surface area contributed by atoms with Crippen LogP contribution in [0.25, 0.3) is 0 Å². The molecule has 0 bridgehead atoms. The van der Waals surface area contributed by atoms with Gasteiger partial charge in [-0.25, -0.2) is 0 Å². The van der Waals surface area contributed by atoms with Gasteiger partial charge in [-0.3, -0.25) is 0 Å². The van der Waals surface area contributed by atoms with Crippen molar-refractivity contribution in [2.45, 2.75) is 5.60 Å². The smallest absolute Gasteiger partial charge is 0.215 e. The number of hydrogen-bond acceptors (Lipinski definition) is 2. The highest BCUT2D eigenvalue weighted by Gasteiger charge is 2.39. The first-order chi connectivity index (χ1) is 6.74. The molecule has 0 atom stereocenters. The van der Waals surface area contributed by atoms with Crippen LogP contribution >= 0.6 is 11.6 Å². The lowest BCUT2D eigenvalue weighted by Gasteiger charge is -2.36. The van der Waals surface area contributed by atoms with E-state index in [1.54, 1.807) is 24.3 Å². The summed E-state index contributed by atoms with van der Waals surface area (Å²) in [7, 11) is 0. The van der Waals surface area contributed by atoms with Crippen LogP contribution in [0, 0.1) is 12.3 Å². The summed E-state index contributed by atoms with van der Waals surface area (Å²) in [5.74, 6) is 3.32. The van der Waals surface area contributed by atoms with Crippen LogP contribution in [0.2, 0.25) is 5.02 Å². The number of ether oxygens (including phenoxy) is 2. The molecule has 72 valence electrons. The largest absolute Gasteiger partial charge is 0.470 e. The highest BCUT2D eigenvalue weighted by atomic mass is 35.5. The Morgan fingerprint density at radius 1 is 1.36 bits per heavy atom. The van der Waals surface area contributed by atoms with E-state index < -0.39 is 5.60 Å². The zero-order chi connectivity index (χ0) is 10.0. The van der Waals surface area contributed by atoms with E-state index in [1.165, 1.54) is 0 Å². The van der Waals surface area contributed by atoms with Crippen LogP contribution in [-0.2, 0) is 4.74 Å². The summed E-state index contributed by atoms with van der Waals surface area (Å²) in [6.45, 7) is 0.901. The topological polar surface area (TPSA) is 18.5 Å². The molecule has 1 aliphatic rings. The van der Waals surface area contributed by atoms with Crippen molar-refractivity contribution in [1.82, 2.24) is 0 Å². The number of halogens is 1. The Labute approximate surface area is 87.8 Å². The van der Waals surface area contributed by atoms with Crippen LogP contribution in [0.3, 0.4) is 0 Å². The fraction of sp³-hybridized carbons (Fsp3) is 0.273. The maximum atomic E-state index is 5.74. The molecular formula is C11H9ClO2. The Kier molecular flexibility index (Phi) is 2.37. The van der Waals surface area contributed by atoms with E-state index in [1.807, 2.05) is 0 Å². The summed E-state index contributed by atoms with van der Waals surface area (Å²) in [5.41, 5.74) is -0.576. The summed E-state index contributed by atoms with van der Waals surface area (Å²) in [5, 5.41) is 0.678. The molecule has 0 N–H and O–H groups in total. The summed E-state index contributed by atoms with van der Waals surface area (Å²) in [6.07, 6.45) is 5.37. The van der Waals surface area contributed by atoms with Crippen LogP contribution in [0.4, 0.5) is 0 Å². The van der Waals surface area contributed by atoms with Crippen molar-refractivity contribution >= 4 is 11.6 Å². The molecule has 2 nitrogen and oxygen atoms in total. The molecule has 1 aromatic rings. The Bertz CT molecular complexity index is 360. The first-order valence-electron chi connectivity index (χ1n) is 4.24. The fourth-order valence-electron chi connectivity index (χ4n) is 1.19. The second-order valence-electron chi connectivity index (χ2n) is 3.19. The summed E-state index contributed by atoms with van der Waals surface area (Å²) in [6, 6.07) is 7.11. The van der Waals surface area contributed by atoms with E-state index in [0.717, 1.165) is 5.75 Å². The second kappa shape index (κ2) is 3.53. The molecule has 3 heteroatoms. The molecule has 0 aliphatic carbocycles. The Morgan fingerprint density at radius 2 is 2.00 bits per heavy atom. The van der Waals surface area contributed by atoms with Crippen molar-refractivity contribution < 1.29 is 9.47 Å². The van der Waals surface area contributed by atoms with Crippen molar-refractivity contribution in [3.63, 3.8) is 0 Å². The monoisotopic (exact) mass is 208 g/mol. The van der Waals surface area contributed by atoms with Gasteiger partial charge in [0.1, 0.15) is 19.0 Å². The molecule has 1 saturated heterocycles. The predicted molar refractivity (Wildman–Crippen MR) is 54.5 cm³/mol. The van der Waals surface area contributed by atoms with Gasteiger partial charge in [0.15, 0.2) is 0 Å². The van der Waals surface area contributed by atoms with Crippen LogP contribution in [0.1, 0.15) is 0 Å². The minimum Gasteiger partial charge on any atom is -0.470 e. The third kappa shape index (κ3) is 1.70. The van der Waals surface area contributed by atoms with Crippen LogP contribution in [-0.4, -0.2) is 18.8 Å². The van der Waals surface area contributed by atoms with E-state index in [4.69, 9.17) is 27.5 Å². The molecule has 0 spiro atoms. The molecule has 0 amide bonds. The first kappa shape index (κ1) is 9.39. The van der Waals surface area contributed by atoms with Crippen LogP contribution in [0.15, 0.2) is 24.3 Å². The maximum Gasteiger partial charge on any atom is 0.215 e. The lowest BCUT2D eigenvalue weighted by atomic mass is 10.0. The average Bonchev–Trinajstić information content (AvgIpc) is 2.15. The van der Waals surface area contributed by atoms with Crippen molar-refractivity contribution in [2.75, 3.05) is 13.2 Å². The lowest BCUT2D eigenvalue weighted by Crippen LogP contribution is -2.53. The van der Waals surface area contributed by atoms with Crippen molar-refractivity contribution in [3.05, 3.63) is 29.3 Å². The van der Waals surface area contributed by atoms with Gasteiger partial charge in [0, 0.05) is 5.02 Å². The van der Waals surface area contributed by atoms with Crippen molar-refractivity contribution in [3.8, 4) is 18.1 Å². The highest BCUT2D eigenvalue weighted by molar-refractivity contribution is 6.30. The number of benzene rings is 1. The van der Waals surface area contributed by atoms with Gasteiger partial charge in [0.25, 0.3) is 0 Å². The Hall–Kier alpha value is -1.17. The van der Waals surface area contributed by atoms with Gasteiger partial charge in [-0.1, -0.05) is 17.5 Å². The van der Waals surface area contributed by atoms with Gasteiger partial charge in [-0.15, -0.1) is 6.42 Å². The minimum atomic E-state index is -0.576. The van der Waals surface area contributed by atoms with E-state index >= 15 is 0 Å². The zero-order valence-corrected chi connectivity index (χ0v) is 8.25. The zero-order valence-electron chi connectivity index (χ0n) is 7.50. The average molecular weight is 209 g/mol. The summed E-state index contributed by atoms with van der Waals surface area (Å²) in [4.78, 5) is 0.